The van der Waals surface area contributed by atoms with Gasteiger partial charge in [-0.1, -0.05) is 6.92 Å². The van der Waals surface area contributed by atoms with Crippen LogP contribution in [0.3, 0.4) is 0 Å². The Hall–Kier alpha value is -1.80. The van der Waals surface area contributed by atoms with Crippen LogP contribution in [0.25, 0.3) is 0 Å². The first-order valence-corrected chi connectivity index (χ1v) is 7.68. The molecule has 0 aromatic heterocycles. The molecule has 110 valence electrons. The first kappa shape index (κ1) is 16.3. The standard InChI is InChI=1S/C11H12ClNO6S/c1-6(10(13)14)5-19-9-3-2-7(20(12,17)18)4-8(9)11(15)16/h2-4,6H,5H2,1H3,(H2,13,14)(H,15,16). The highest BCUT2D eigenvalue weighted by molar-refractivity contribution is 8.13. The van der Waals surface area contributed by atoms with E-state index in [1.165, 1.54) is 6.92 Å². The maximum atomic E-state index is 11.1. The number of hydrogen-bond donors (Lipinski definition) is 2. The molecule has 1 atom stereocenters. The van der Waals surface area contributed by atoms with Crippen molar-refractivity contribution in [2.75, 3.05) is 6.61 Å². The Kier molecular flexibility index (Phi) is 4.96. The van der Waals surface area contributed by atoms with E-state index >= 15 is 0 Å². The van der Waals surface area contributed by atoms with Gasteiger partial charge in [0.15, 0.2) is 0 Å². The van der Waals surface area contributed by atoms with Crippen LogP contribution in [0.1, 0.15) is 17.3 Å². The number of benzene rings is 1. The number of aromatic carboxylic acids is 1. The number of amides is 1. The van der Waals surface area contributed by atoms with E-state index in [0.29, 0.717) is 0 Å². The molecule has 0 saturated carbocycles. The van der Waals surface area contributed by atoms with E-state index in [4.69, 9.17) is 26.3 Å². The van der Waals surface area contributed by atoms with Gasteiger partial charge in [0.2, 0.25) is 5.91 Å². The Morgan fingerprint density at radius 3 is 2.50 bits per heavy atom. The number of primary amides is 1. The second kappa shape index (κ2) is 6.10. The van der Waals surface area contributed by atoms with Crippen molar-refractivity contribution in [2.24, 2.45) is 11.7 Å². The van der Waals surface area contributed by atoms with E-state index in [1.807, 2.05) is 0 Å². The lowest BCUT2D eigenvalue weighted by Crippen LogP contribution is -2.26. The van der Waals surface area contributed by atoms with Crippen LogP contribution in [0.4, 0.5) is 0 Å². The minimum absolute atomic E-state index is 0.0744. The fourth-order valence-corrected chi connectivity index (χ4v) is 2.03. The molecule has 1 aromatic rings. The van der Waals surface area contributed by atoms with Gasteiger partial charge in [0.1, 0.15) is 11.3 Å². The third-order valence-electron chi connectivity index (χ3n) is 2.44. The minimum atomic E-state index is -4.04. The molecule has 0 aliphatic heterocycles. The summed E-state index contributed by atoms with van der Waals surface area (Å²) in [6, 6.07) is 3.15. The summed E-state index contributed by atoms with van der Waals surface area (Å²) in [5.74, 6) is -2.67. The molecule has 0 heterocycles. The van der Waals surface area contributed by atoms with Crippen molar-refractivity contribution in [3.63, 3.8) is 0 Å². The molecule has 0 spiro atoms. The van der Waals surface area contributed by atoms with Crippen molar-refractivity contribution in [3.05, 3.63) is 23.8 Å². The molecule has 1 unspecified atom stereocenters. The number of carbonyl (C=O) groups excluding carboxylic acids is 1. The first-order valence-electron chi connectivity index (χ1n) is 5.37. The lowest BCUT2D eigenvalue weighted by molar-refractivity contribution is -0.122. The van der Waals surface area contributed by atoms with Gasteiger partial charge in [0.05, 0.1) is 17.4 Å². The molecule has 1 aromatic carbocycles. The molecule has 7 nitrogen and oxygen atoms in total. The zero-order valence-corrected chi connectivity index (χ0v) is 11.9. The number of rotatable bonds is 6. The molecule has 20 heavy (non-hydrogen) atoms. The highest BCUT2D eigenvalue weighted by Gasteiger charge is 2.19. The summed E-state index contributed by atoms with van der Waals surface area (Å²) in [6.07, 6.45) is 0. The number of carbonyl (C=O) groups is 2. The third-order valence-corrected chi connectivity index (χ3v) is 3.79. The maximum Gasteiger partial charge on any atom is 0.339 e. The molecule has 0 aliphatic rings. The normalized spacial score (nSPS) is 12.7. The van der Waals surface area contributed by atoms with Crippen LogP contribution >= 0.6 is 10.7 Å². The van der Waals surface area contributed by atoms with Gasteiger partial charge in [0.25, 0.3) is 9.05 Å². The topological polar surface area (TPSA) is 124 Å². The lowest BCUT2D eigenvalue weighted by Gasteiger charge is -2.12. The molecule has 3 N–H and O–H groups in total. The van der Waals surface area contributed by atoms with Crippen LogP contribution < -0.4 is 10.5 Å². The summed E-state index contributed by atoms with van der Waals surface area (Å²) in [5.41, 5.74) is 4.68. The van der Waals surface area contributed by atoms with E-state index in [2.05, 4.69) is 0 Å². The van der Waals surface area contributed by atoms with Gasteiger partial charge in [-0.15, -0.1) is 0 Å². The van der Waals surface area contributed by atoms with Crippen molar-refractivity contribution < 1.29 is 27.9 Å². The molecule has 0 saturated heterocycles. The van der Waals surface area contributed by atoms with Crippen LogP contribution in [0.5, 0.6) is 5.75 Å². The third kappa shape index (κ3) is 4.10. The van der Waals surface area contributed by atoms with Gasteiger partial charge in [-0.05, 0) is 18.2 Å². The highest BCUT2D eigenvalue weighted by Crippen LogP contribution is 2.25. The van der Waals surface area contributed by atoms with E-state index in [9.17, 15) is 18.0 Å². The van der Waals surface area contributed by atoms with E-state index in [-0.39, 0.29) is 22.8 Å². The lowest BCUT2D eigenvalue weighted by atomic mass is 10.2. The van der Waals surface area contributed by atoms with Crippen LogP contribution in [-0.2, 0) is 13.8 Å². The van der Waals surface area contributed by atoms with Gasteiger partial charge < -0.3 is 15.6 Å². The molecule has 0 aliphatic carbocycles. The van der Waals surface area contributed by atoms with Gasteiger partial charge >= 0.3 is 5.97 Å². The Bertz CT molecular complexity index is 642. The molecule has 0 radical (unpaired) electrons. The molecule has 0 bridgehead atoms. The smallest absolute Gasteiger partial charge is 0.339 e. The molecule has 0 fully saturated rings. The van der Waals surface area contributed by atoms with Crippen molar-refractivity contribution in [2.45, 2.75) is 11.8 Å². The first-order chi connectivity index (χ1) is 9.12. The number of carboxylic acid groups (broad SMARTS) is 1. The number of carboxylic acids is 1. The van der Waals surface area contributed by atoms with Crippen LogP contribution in [-0.4, -0.2) is 32.0 Å². The van der Waals surface area contributed by atoms with E-state index in [1.54, 1.807) is 0 Å². The predicted molar refractivity (Wildman–Crippen MR) is 70.3 cm³/mol. The summed E-state index contributed by atoms with van der Waals surface area (Å²) in [5, 5.41) is 9.02. The zero-order chi connectivity index (χ0) is 15.5. The van der Waals surface area contributed by atoms with Crippen LogP contribution in [0.15, 0.2) is 23.1 Å². The summed E-state index contributed by atoms with van der Waals surface area (Å²) in [4.78, 5) is 21.6. The Morgan fingerprint density at radius 1 is 1.45 bits per heavy atom. The van der Waals surface area contributed by atoms with Crippen LogP contribution in [0.2, 0.25) is 0 Å². The van der Waals surface area contributed by atoms with Crippen LogP contribution in [0, 0.1) is 5.92 Å². The number of nitrogens with two attached hydrogens (primary N) is 1. The van der Waals surface area contributed by atoms with Gasteiger partial charge in [-0.3, -0.25) is 4.79 Å². The molecule has 1 amide bonds. The Labute approximate surface area is 119 Å². The van der Waals surface area contributed by atoms with Crippen molar-refractivity contribution in [3.8, 4) is 5.75 Å². The van der Waals surface area contributed by atoms with Gasteiger partial charge in [-0.2, -0.15) is 0 Å². The number of hydrogen-bond acceptors (Lipinski definition) is 5. The van der Waals surface area contributed by atoms with Gasteiger partial charge in [0, 0.05) is 10.7 Å². The summed E-state index contributed by atoms with van der Waals surface area (Å²) in [7, 11) is 1.09. The molecule has 1 rings (SSSR count). The Morgan fingerprint density at radius 2 is 2.05 bits per heavy atom. The van der Waals surface area contributed by atoms with Crippen molar-refractivity contribution in [1.82, 2.24) is 0 Å². The van der Waals surface area contributed by atoms with Crippen molar-refractivity contribution >= 4 is 31.6 Å². The highest BCUT2D eigenvalue weighted by atomic mass is 35.7. The van der Waals surface area contributed by atoms with E-state index < -0.39 is 26.8 Å². The summed E-state index contributed by atoms with van der Waals surface area (Å²) in [6.45, 7) is 1.39. The van der Waals surface area contributed by atoms with Gasteiger partial charge in [-0.25, -0.2) is 13.2 Å². The monoisotopic (exact) mass is 321 g/mol. The number of halogens is 1. The molecular formula is C11H12ClNO6S. The molecular weight excluding hydrogens is 310 g/mol. The second-order valence-electron chi connectivity index (χ2n) is 4.02. The fraction of sp³-hybridized carbons (Fsp3) is 0.273. The average molecular weight is 322 g/mol. The predicted octanol–water partition coefficient (Wildman–Crippen LogP) is 0.812. The SMILES string of the molecule is CC(COc1ccc(S(=O)(=O)Cl)cc1C(=O)O)C(N)=O. The summed E-state index contributed by atoms with van der Waals surface area (Å²) < 4.78 is 27.5. The fourth-order valence-electron chi connectivity index (χ4n) is 1.25. The second-order valence-corrected chi connectivity index (χ2v) is 6.58. The largest absolute Gasteiger partial charge is 0.492 e. The zero-order valence-electron chi connectivity index (χ0n) is 10.4. The Balaban J connectivity index is 3.09. The molecule has 9 heteroatoms. The van der Waals surface area contributed by atoms with E-state index in [0.717, 1.165) is 18.2 Å². The summed E-state index contributed by atoms with van der Waals surface area (Å²) >= 11 is 0. The quantitative estimate of drug-likeness (QED) is 0.747. The average Bonchev–Trinajstić information content (AvgIpc) is 2.34. The minimum Gasteiger partial charge on any atom is -0.492 e. The maximum absolute atomic E-state index is 11.1. The number of ether oxygens (including phenoxy) is 1. The van der Waals surface area contributed by atoms with Crippen molar-refractivity contribution in [1.29, 1.82) is 0 Å².